The van der Waals surface area contributed by atoms with Gasteiger partial charge in [-0.1, -0.05) is 23.7 Å². The van der Waals surface area contributed by atoms with Crippen LogP contribution >= 0.6 is 23.4 Å². The molecule has 0 atom stereocenters. The lowest BCUT2D eigenvalue weighted by Gasteiger charge is -2.15. The lowest BCUT2D eigenvalue weighted by molar-refractivity contribution is -0.117. The summed E-state index contributed by atoms with van der Waals surface area (Å²) in [4.78, 5) is 26.6. The van der Waals surface area contributed by atoms with E-state index < -0.39 is 0 Å². The highest BCUT2D eigenvalue weighted by molar-refractivity contribution is 7.99. The molecule has 0 aromatic heterocycles. The summed E-state index contributed by atoms with van der Waals surface area (Å²) in [5, 5.41) is 3.59. The van der Waals surface area contributed by atoms with Gasteiger partial charge in [0.25, 0.3) is 0 Å². The number of carbonyl (C=O) groups is 2. The molecule has 2 amide bonds. The molecule has 2 aromatic carbocycles. The minimum atomic E-state index is -0.120. The molecule has 6 heteroatoms. The van der Waals surface area contributed by atoms with Crippen LogP contribution in [0.4, 0.5) is 5.69 Å². The van der Waals surface area contributed by atoms with Crippen LogP contribution in [0.15, 0.2) is 59.5 Å². The third-order valence-electron chi connectivity index (χ3n) is 4.19. The van der Waals surface area contributed by atoms with E-state index in [0.717, 1.165) is 39.9 Å². The van der Waals surface area contributed by atoms with E-state index in [1.165, 1.54) is 6.08 Å². The number of hydrogen-bond donors (Lipinski definition) is 1. The van der Waals surface area contributed by atoms with Gasteiger partial charge in [-0.25, -0.2) is 0 Å². The molecule has 3 rings (SSSR count). The van der Waals surface area contributed by atoms with E-state index in [1.54, 1.807) is 22.7 Å². The van der Waals surface area contributed by atoms with Crippen LogP contribution in [-0.4, -0.2) is 30.7 Å². The van der Waals surface area contributed by atoms with Crippen molar-refractivity contribution in [1.29, 1.82) is 0 Å². The number of anilines is 1. The smallest absolute Gasteiger partial charge is 0.244 e. The number of carbonyl (C=O) groups excluding carboxylic acids is 2. The van der Waals surface area contributed by atoms with E-state index in [2.05, 4.69) is 5.32 Å². The Bertz CT molecular complexity index is 819. The van der Waals surface area contributed by atoms with Gasteiger partial charge < -0.3 is 10.2 Å². The summed E-state index contributed by atoms with van der Waals surface area (Å²) in [5.41, 5.74) is 1.84. The van der Waals surface area contributed by atoms with E-state index in [4.69, 9.17) is 11.6 Å². The topological polar surface area (TPSA) is 49.4 Å². The lowest BCUT2D eigenvalue weighted by atomic mass is 10.2. The number of thioether (sulfide) groups is 1. The Hall–Kier alpha value is -2.24. The Kier molecular flexibility index (Phi) is 6.96. The molecule has 1 saturated heterocycles. The first kappa shape index (κ1) is 19.5. The van der Waals surface area contributed by atoms with Crippen molar-refractivity contribution in [3.63, 3.8) is 0 Å². The first-order valence-corrected chi connectivity index (χ1v) is 10.2. The second kappa shape index (κ2) is 9.62. The fraction of sp³-hybridized carbons (Fsp3) is 0.238. The predicted octanol–water partition coefficient (Wildman–Crippen LogP) is 4.39. The molecule has 2 aromatic rings. The summed E-state index contributed by atoms with van der Waals surface area (Å²) in [5.74, 6) is 0.847. The molecular formula is C21H21ClN2O2S. The van der Waals surface area contributed by atoms with Crippen LogP contribution < -0.4 is 10.2 Å². The summed E-state index contributed by atoms with van der Waals surface area (Å²) in [6.45, 7) is 1.37. The van der Waals surface area contributed by atoms with Crippen LogP contribution in [0, 0.1) is 0 Å². The standard InChI is InChI=1S/C21H21ClN2O2S/c22-17-6-10-19(11-7-17)27-15-13-23-20(25)12-5-16-3-8-18(9-4-16)24-14-1-2-21(24)26/h3-12H,1-2,13-15H2,(H,23,25)/b12-5+. The normalized spacial score (nSPS) is 14.1. The minimum absolute atomic E-state index is 0.120. The van der Waals surface area contributed by atoms with Crippen molar-refractivity contribution in [2.45, 2.75) is 17.7 Å². The first-order valence-electron chi connectivity index (χ1n) is 8.86. The van der Waals surface area contributed by atoms with Gasteiger partial charge in [-0.05, 0) is 54.5 Å². The Labute approximate surface area is 168 Å². The fourth-order valence-corrected chi connectivity index (χ4v) is 3.69. The molecule has 1 aliphatic rings. The Morgan fingerprint density at radius 3 is 2.56 bits per heavy atom. The Morgan fingerprint density at radius 2 is 1.89 bits per heavy atom. The Balaban J connectivity index is 1.41. The van der Waals surface area contributed by atoms with Gasteiger partial charge in [0.05, 0.1) is 0 Å². The summed E-state index contributed by atoms with van der Waals surface area (Å²) >= 11 is 7.53. The zero-order valence-corrected chi connectivity index (χ0v) is 16.4. The second-order valence-electron chi connectivity index (χ2n) is 6.17. The molecule has 0 spiro atoms. The van der Waals surface area contributed by atoms with Crippen LogP contribution in [0.5, 0.6) is 0 Å². The van der Waals surface area contributed by atoms with Crippen molar-refractivity contribution >= 4 is 46.9 Å². The average molecular weight is 401 g/mol. The van der Waals surface area contributed by atoms with Gasteiger partial charge in [0, 0.05) is 46.9 Å². The molecule has 0 saturated carbocycles. The number of amides is 2. The van der Waals surface area contributed by atoms with E-state index in [0.29, 0.717) is 13.0 Å². The molecule has 27 heavy (non-hydrogen) atoms. The summed E-state index contributed by atoms with van der Waals surface area (Å²) in [6.07, 6.45) is 4.84. The van der Waals surface area contributed by atoms with Gasteiger partial charge in [-0.15, -0.1) is 11.8 Å². The summed E-state index contributed by atoms with van der Waals surface area (Å²) in [7, 11) is 0. The zero-order valence-electron chi connectivity index (χ0n) is 14.9. The van der Waals surface area contributed by atoms with Gasteiger partial charge in [0.2, 0.25) is 11.8 Å². The lowest BCUT2D eigenvalue weighted by Crippen LogP contribution is -2.23. The molecule has 0 radical (unpaired) electrons. The van der Waals surface area contributed by atoms with E-state index in [1.807, 2.05) is 48.5 Å². The predicted molar refractivity (Wildman–Crippen MR) is 112 cm³/mol. The average Bonchev–Trinajstić information content (AvgIpc) is 3.11. The van der Waals surface area contributed by atoms with E-state index in [-0.39, 0.29) is 11.8 Å². The van der Waals surface area contributed by atoms with Crippen molar-refractivity contribution < 1.29 is 9.59 Å². The fourth-order valence-electron chi connectivity index (χ4n) is 2.79. The molecule has 0 bridgehead atoms. The van der Waals surface area contributed by atoms with Gasteiger partial charge >= 0.3 is 0 Å². The number of halogens is 1. The highest BCUT2D eigenvalue weighted by atomic mass is 35.5. The molecule has 0 unspecified atom stereocenters. The van der Waals surface area contributed by atoms with Crippen molar-refractivity contribution in [2.75, 3.05) is 23.7 Å². The van der Waals surface area contributed by atoms with Gasteiger partial charge in [-0.3, -0.25) is 9.59 Å². The molecule has 4 nitrogen and oxygen atoms in total. The van der Waals surface area contributed by atoms with Crippen molar-refractivity contribution in [3.05, 3.63) is 65.2 Å². The highest BCUT2D eigenvalue weighted by Gasteiger charge is 2.21. The number of rotatable bonds is 7. The van der Waals surface area contributed by atoms with Crippen molar-refractivity contribution in [1.82, 2.24) is 5.32 Å². The van der Waals surface area contributed by atoms with Crippen molar-refractivity contribution in [2.24, 2.45) is 0 Å². The first-order chi connectivity index (χ1) is 13.1. The Morgan fingerprint density at radius 1 is 1.15 bits per heavy atom. The molecule has 0 aliphatic carbocycles. The molecule has 1 N–H and O–H groups in total. The number of benzene rings is 2. The minimum Gasteiger partial charge on any atom is -0.352 e. The van der Waals surface area contributed by atoms with E-state index in [9.17, 15) is 9.59 Å². The van der Waals surface area contributed by atoms with Gasteiger partial charge in [0.15, 0.2) is 0 Å². The maximum absolute atomic E-state index is 11.9. The molecule has 1 aliphatic heterocycles. The molecule has 140 valence electrons. The largest absolute Gasteiger partial charge is 0.352 e. The monoisotopic (exact) mass is 400 g/mol. The van der Waals surface area contributed by atoms with Crippen LogP contribution in [0.2, 0.25) is 5.02 Å². The number of hydrogen-bond acceptors (Lipinski definition) is 3. The van der Waals surface area contributed by atoms with Crippen LogP contribution in [0.3, 0.4) is 0 Å². The van der Waals surface area contributed by atoms with Crippen LogP contribution in [0.1, 0.15) is 18.4 Å². The number of nitrogens with one attached hydrogen (secondary N) is 1. The SMILES string of the molecule is O=C(/C=C/c1ccc(N2CCCC2=O)cc1)NCCSc1ccc(Cl)cc1. The molecule has 1 fully saturated rings. The highest BCUT2D eigenvalue weighted by Crippen LogP contribution is 2.22. The third kappa shape index (κ3) is 5.88. The second-order valence-corrected chi connectivity index (χ2v) is 7.77. The van der Waals surface area contributed by atoms with E-state index >= 15 is 0 Å². The van der Waals surface area contributed by atoms with Crippen LogP contribution in [0.25, 0.3) is 6.08 Å². The van der Waals surface area contributed by atoms with Crippen LogP contribution in [-0.2, 0) is 9.59 Å². The quantitative estimate of drug-likeness (QED) is 0.426. The summed E-state index contributed by atoms with van der Waals surface area (Å²) < 4.78 is 0. The third-order valence-corrected chi connectivity index (χ3v) is 5.45. The molecular weight excluding hydrogens is 380 g/mol. The maximum Gasteiger partial charge on any atom is 0.244 e. The summed E-state index contributed by atoms with van der Waals surface area (Å²) in [6, 6.07) is 15.3. The van der Waals surface area contributed by atoms with Crippen molar-refractivity contribution in [3.8, 4) is 0 Å². The van der Waals surface area contributed by atoms with Gasteiger partial charge in [-0.2, -0.15) is 0 Å². The number of nitrogens with zero attached hydrogens (tertiary/aromatic N) is 1. The molecule has 1 heterocycles. The maximum atomic E-state index is 11.9. The van der Waals surface area contributed by atoms with Gasteiger partial charge in [0.1, 0.15) is 0 Å². The zero-order chi connectivity index (χ0) is 19.1.